The van der Waals surface area contributed by atoms with Gasteiger partial charge < -0.3 is 5.73 Å². The number of hydrogen-bond donors (Lipinski definition) is 1. The molecule has 0 aromatic rings. The summed E-state index contributed by atoms with van der Waals surface area (Å²) in [5.41, 5.74) is 5.93. The molecular formula is C15H31N3. The molecule has 0 radical (unpaired) electrons. The van der Waals surface area contributed by atoms with Crippen LogP contribution in [0.15, 0.2) is 4.99 Å². The van der Waals surface area contributed by atoms with Gasteiger partial charge in [0.1, 0.15) is 6.17 Å². The monoisotopic (exact) mass is 253 g/mol. The molecule has 0 aliphatic carbocycles. The van der Waals surface area contributed by atoms with Crippen molar-refractivity contribution in [3.8, 4) is 0 Å². The predicted molar refractivity (Wildman–Crippen MR) is 79.9 cm³/mol. The Morgan fingerprint density at radius 1 is 1.17 bits per heavy atom. The van der Waals surface area contributed by atoms with Crippen LogP contribution in [-0.4, -0.2) is 30.0 Å². The minimum absolute atomic E-state index is 0.131. The Balaban J connectivity index is 1.96. The normalized spacial score (nSPS) is 21.6. The number of unbranched alkanes of at least 4 members (excludes halogenated alkanes) is 7. The molecular weight excluding hydrogens is 222 g/mol. The second kappa shape index (κ2) is 9.51. The van der Waals surface area contributed by atoms with Crippen molar-refractivity contribution < 1.29 is 0 Å². The van der Waals surface area contributed by atoms with E-state index in [1.54, 1.807) is 0 Å². The highest BCUT2D eigenvalue weighted by Crippen LogP contribution is 2.17. The molecule has 0 bridgehead atoms. The van der Waals surface area contributed by atoms with Crippen LogP contribution in [-0.2, 0) is 0 Å². The van der Waals surface area contributed by atoms with E-state index in [0.29, 0.717) is 6.17 Å². The first-order valence-corrected chi connectivity index (χ1v) is 7.78. The Hall–Kier alpha value is -0.410. The lowest BCUT2D eigenvalue weighted by molar-refractivity contribution is 0.182. The van der Waals surface area contributed by atoms with Crippen molar-refractivity contribution in [2.45, 2.75) is 84.0 Å². The van der Waals surface area contributed by atoms with Crippen molar-refractivity contribution in [1.82, 2.24) is 4.90 Å². The molecule has 3 heteroatoms. The lowest BCUT2D eigenvalue weighted by Crippen LogP contribution is -2.43. The van der Waals surface area contributed by atoms with Crippen LogP contribution in [0, 0.1) is 0 Å². The molecule has 0 amide bonds. The van der Waals surface area contributed by atoms with E-state index in [1.807, 2.05) is 6.21 Å². The number of rotatable bonds is 10. The van der Waals surface area contributed by atoms with Gasteiger partial charge in [-0.3, -0.25) is 9.89 Å². The van der Waals surface area contributed by atoms with Crippen molar-refractivity contribution in [3.05, 3.63) is 0 Å². The maximum Gasteiger partial charge on any atom is 0.103 e. The van der Waals surface area contributed by atoms with Gasteiger partial charge in [-0.2, -0.15) is 0 Å². The molecule has 1 aliphatic heterocycles. The number of hydrogen-bond acceptors (Lipinski definition) is 3. The lowest BCUT2D eigenvalue weighted by Gasteiger charge is -2.26. The third-order valence-electron chi connectivity index (χ3n) is 3.79. The van der Waals surface area contributed by atoms with Crippen molar-refractivity contribution in [3.63, 3.8) is 0 Å². The Kier molecular flexibility index (Phi) is 8.27. The van der Waals surface area contributed by atoms with Gasteiger partial charge >= 0.3 is 0 Å². The molecule has 106 valence electrons. The number of nitrogens with two attached hydrogens (primary N) is 1. The Bertz CT molecular complexity index is 226. The second-order valence-corrected chi connectivity index (χ2v) is 5.51. The fraction of sp³-hybridized carbons (Fsp3) is 0.933. The van der Waals surface area contributed by atoms with E-state index in [0.717, 1.165) is 6.54 Å². The molecule has 0 spiro atoms. The molecule has 0 aromatic heterocycles. The van der Waals surface area contributed by atoms with Crippen molar-refractivity contribution in [1.29, 1.82) is 0 Å². The number of nitrogens with zero attached hydrogens (tertiary/aromatic N) is 2. The van der Waals surface area contributed by atoms with Crippen LogP contribution >= 0.6 is 0 Å². The van der Waals surface area contributed by atoms with Crippen LogP contribution in [0.3, 0.4) is 0 Å². The topological polar surface area (TPSA) is 41.6 Å². The average Bonchev–Trinajstić information content (AvgIpc) is 2.81. The molecule has 18 heavy (non-hydrogen) atoms. The maximum absolute atomic E-state index is 5.93. The molecule has 3 nitrogen and oxygen atoms in total. The molecule has 2 unspecified atom stereocenters. The standard InChI is InChI=1S/C15H31N3/c1-3-4-5-6-7-8-9-10-11-15-17-12-13-18(15)14(2)16/h12,14-15H,3-11,13,16H2,1-2H3. The quantitative estimate of drug-likeness (QED) is 0.605. The van der Waals surface area contributed by atoms with E-state index < -0.39 is 0 Å². The fourth-order valence-corrected chi connectivity index (χ4v) is 2.61. The van der Waals surface area contributed by atoms with Crippen LogP contribution < -0.4 is 5.73 Å². The summed E-state index contributed by atoms with van der Waals surface area (Å²) in [5, 5.41) is 0. The Morgan fingerprint density at radius 3 is 2.39 bits per heavy atom. The first-order valence-electron chi connectivity index (χ1n) is 7.78. The molecule has 2 N–H and O–H groups in total. The predicted octanol–water partition coefficient (Wildman–Crippen LogP) is 3.53. The van der Waals surface area contributed by atoms with E-state index in [4.69, 9.17) is 5.73 Å². The number of aliphatic imine (C=N–C) groups is 1. The summed E-state index contributed by atoms with van der Waals surface area (Å²) in [5.74, 6) is 0. The van der Waals surface area contributed by atoms with E-state index in [1.165, 1.54) is 57.8 Å². The summed E-state index contributed by atoms with van der Waals surface area (Å²) in [6.07, 6.45) is 14.7. The molecule has 0 saturated carbocycles. The van der Waals surface area contributed by atoms with Crippen molar-refractivity contribution in [2.75, 3.05) is 6.54 Å². The van der Waals surface area contributed by atoms with Gasteiger partial charge in [0.15, 0.2) is 0 Å². The molecule has 0 saturated heterocycles. The third kappa shape index (κ3) is 5.96. The molecule has 2 atom stereocenters. The van der Waals surface area contributed by atoms with E-state index in [2.05, 4.69) is 23.7 Å². The SMILES string of the molecule is CCCCCCCCCCC1N=CCN1C(C)N. The van der Waals surface area contributed by atoms with E-state index >= 15 is 0 Å². The third-order valence-corrected chi connectivity index (χ3v) is 3.79. The van der Waals surface area contributed by atoms with Crippen molar-refractivity contribution >= 4 is 6.21 Å². The molecule has 1 rings (SSSR count). The van der Waals surface area contributed by atoms with Gasteiger partial charge in [0, 0.05) is 12.8 Å². The summed E-state index contributed by atoms with van der Waals surface area (Å²) in [6, 6.07) is 0. The maximum atomic E-state index is 5.93. The minimum atomic E-state index is 0.131. The van der Waals surface area contributed by atoms with Gasteiger partial charge in [-0.1, -0.05) is 51.9 Å². The summed E-state index contributed by atoms with van der Waals surface area (Å²) < 4.78 is 0. The smallest absolute Gasteiger partial charge is 0.103 e. The molecule has 0 fully saturated rings. The molecule has 1 heterocycles. The first kappa shape index (κ1) is 15.6. The molecule has 0 aromatic carbocycles. The van der Waals surface area contributed by atoms with Crippen LogP contribution in [0.5, 0.6) is 0 Å². The van der Waals surface area contributed by atoms with Gasteiger partial charge in [-0.25, -0.2) is 0 Å². The van der Waals surface area contributed by atoms with E-state index in [-0.39, 0.29) is 6.17 Å². The summed E-state index contributed by atoms with van der Waals surface area (Å²) in [7, 11) is 0. The van der Waals surface area contributed by atoms with Crippen LogP contribution in [0.25, 0.3) is 0 Å². The fourth-order valence-electron chi connectivity index (χ4n) is 2.61. The Morgan fingerprint density at radius 2 is 1.78 bits per heavy atom. The summed E-state index contributed by atoms with van der Waals surface area (Å²) in [4.78, 5) is 6.80. The van der Waals surface area contributed by atoms with Crippen LogP contribution in [0.2, 0.25) is 0 Å². The molecule has 1 aliphatic rings. The summed E-state index contributed by atoms with van der Waals surface area (Å²) >= 11 is 0. The zero-order valence-electron chi connectivity index (χ0n) is 12.3. The lowest BCUT2D eigenvalue weighted by atomic mass is 10.1. The van der Waals surface area contributed by atoms with Gasteiger partial charge in [0.2, 0.25) is 0 Å². The van der Waals surface area contributed by atoms with Crippen molar-refractivity contribution in [2.24, 2.45) is 10.7 Å². The first-order chi connectivity index (χ1) is 8.75. The van der Waals surface area contributed by atoms with Gasteiger partial charge in [0.05, 0.1) is 6.17 Å². The van der Waals surface area contributed by atoms with Gasteiger partial charge in [-0.05, 0) is 19.8 Å². The van der Waals surface area contributed by atoms with Gasteiger partial charge in [0.25, 0.3) is 0 Å². The van der Waals surface area contributed by atoms with E-state index in [9.17, 15) is 0 Å². The zero-order valence-corrected chi connectivity index (χ0v) is 12.3. The van der Waals surface area contributed by atoms with Crippen LogP contribution in [0.4, 0.5) is 0 Å². The van der Waals surface area contributed by atoms with Gasteiger partial charge in [-0.15, -0.1) is 0 Å². The minimum Gasteiger partial charge on any atom is -0.316 e. The highest BCUT2D eigenvalue weighted by molar-refractivity contribution is 5.62. The highest BCUT2D eigenvalue weighted by Gasteiger charge is 2.22. The summed E-state index contributed by atoms with van der Waals surface area (Å²) in [6.45, 7) is 5.25. The van der Waals surface area contributed by atoms with Crippen LogP contribution in [0.1, 0.15) is 71.6 Å². The average molecular weight is 253 g/mol. The zero-order chi connectivity index (χ0) is 13.2. The largest absolute Gasteiger partial charge is 0.316 e. The highest BCUT2D eigenvalue weighted by atomic mass is 15.3. The Labute approximate surface area is 113 Å². The second-order valence-electron chi connectivity index (χ2n) is 5.51.